The largest absolute Gasteiger partial charge is 0.417 e. The summed E-state index contributed by atoms with van der Waals surface area (Å²) in [5.41, 5.74) is -1.31. The van der Waals surface area contributed by atoms with Crippen LogP contribution in [0, 0.1) is 0 Å². The zero-order chi connectivity index (χ0) is 15.0. The Morgan fingerprint density at radius 1 is 1.25 bits per heavy atom. The molecule has 0 saturated heterocycles. The molecule has 0 bridgehead atoms. The molecule has 3 nitrogen and oxygen atoms in total. The first-order valence-electron chi connectivity index (χ1n) is 6.05. The lowest BCUT2D eigenvalue weighted by molar-refractivity contribution is -0.137. The Balaban J connectivity index is 2.52. The zero-order valence-electron chi connectivity index (χ0n) is 10.7. The summed E-state index contributed by atoms with van der Waals surface area (Å²) in [6, 6.07) is 4.69. The molecular formula is C13H15ClF3NO2. The minimum atomic E-state index is -4.54. The Morgan fingerprint density at radius 2 is 1.95 bits per heavy atom. The Bertz CT molecular complexity index is 438. The van der Waals surface area contributed by atoms with Crippen LogP contribution >= 0.6 is 11.6 Å². The molecule has 0 atom stereocenters. The predicted octanol–water partition coefficient (Wildman–Crippen LogP) is 3.08. The Hall–Kier alpha value is -1.27. The van der Waals surface area contributed by atoms with Gasteiger partial charge in [-0.15, -0.1) is 11.6 Å². The van der Waals surface area contributed by atoms with E-state index in [4.69, 9.17) is 16.3 Å². The molecule has 112 valence electrons. The van der Waals surface area contributed by atoms with E-state index in [1.54, 1.807) is 0 Å². The molecular weight excluding hydrogens is 295 g/mol. The summed E-state index contributed by atoms with van der Waals surface area (Å²) in [7, 11) is 0. The highest BCUT2D eigenvalue weighted by molar-refractivity contribution is 6.17. The van der Waals surface area contributed by atoms with Gasteiger partial charge >= 0.3 is 6.18 Å². The van der Waals surface area contributed by atoms with Crippen LogP contribution < -0.4 is 5.32 Å². The number of nitrogens with one attached hydrogen (secondary N) is 1. The van der Waals surface area contributed by atoms with Gasteiger partial charge in [0.25, 0.3) is 5.91 Å². The number of amides is 1. The molecule has 1 N–H and O–H groups in total. The van der Waals surface area contributed by atoms with Crippen LogP contribution in [0.15, 0.2) is 24.3 Å². The average molecular weight is 310 g/mol. The summed E-state index contributed by atoms with van der Waals surface area (Å²) >= 11 is 5.40. The van der Waals surface area contributed by atoms with E-state index in [2.05, 4.69) is 5.32 Å². The summed E-state index contributed by atoms with van der Waals surface area (Å²) in [5, 5.41) is 2.44. The van der Waals surface area contributed by atoms with Crippen molar-refractivity contribution in [2.45, 2.75) is 12.6 Å². The van der Waals surface area contributed by atoms with Gasteiger partial charge in [-0.3, -0.25) is 4.79 Å². The van der Waals surface area contributed by atoms with E-state index >= 15 is 0 Å². The number of carbonyl (C=O) groups excluding carboxylic acids is 1. The van der Waals surface area contributed by atoms with E-state index in [9.17, 15) is 18.0 Å². The minimum Gasteiger partial charge on any atom is -0.380 e. The van der Waals surface area contributed by atoms with Crippen LogP contribution in [0.1, 0.15) is 22.3 Å². The molecule has 0 spiro atoms. The van der Waals surface area contributed by atoms with Crippen molar-refractivity contribution in [3.8, 4) is 0 Å². The van der Waals surface area contributed by atoms with Crippen molar-refractivity contribution in [3.63, 3.8) is 0 Å². The first-order chi connectivity index (χ1) is 9.46. The molecule has 1 aromatic rings. The molecule has 1 aromatic carbocycles. The maximum absolute atomic E-state index is 12.7. The van der Waals surface area contributed by atoms with E-state index in [0.29, 0.717) is 25.5 Å². The predicted molar refractivity (Wildman–Crippen MR) is 69.9 cm³/mol. The summed E-state index contributed by atoms with van der Waals surface area (Å²) in [6.07, 6.45) is -4.03. The highest BCUT2D eigenvalue weighted by atomic mass is 35.5. The van der Waals surface area contributed by atoms with Gasteiger partial charge in [-0.2, -0.15) is 13.2 Å². The molecule has 0 radical (unpaired) electrons. The van der Waals surface area contributed by atoms with Gasteiger partial charge in [0.1, 0.15) is 0 Å². The molecule has 1 rings (SSSR count). The number of rotatable bonds is 7. The van der Waals surface area contributed by atoms with Gasteiger partial charge in [0.05, 0.1) is 17.7 Å². The summed E-state index contributed by atoms with van der Waals surface area (Å²) in [6.45, 7) is 1.05. The van der Waals surface area contributed by atoms with Crippen molar-refractivity contribution < 1.29 is 22.7 Å². The van der Waals surface area contributed by atoms with E-state index in [1.807, 2.05) is 0 Å². The Kier molecular flexibility index (Phi) is 6.81. The molecule has 20 heavy (non-hydrogen) atoms. The maximum Gasteiger partial charge on any atom is 0.417 e. The van der Waals surface area contributed by atoms with E-state index < -0.39 is 17.6 Å². The number of ether oxygens (including phenoxy) is 1. The molecule has 0 aromatic heterocycles. The van der Waals surface area contributed by atoms with Crippen molar-refractivity contribution in [2.75, 3.05) is 25.6 Å². The lowest BCUT2D eigenvalue weighted by Gasteiger charge is -2.12. The lowest BCUT2D eigenvalue weighted by Crippen LogP contribution is -2.27. The Labute approximate surface area is 120 Å². The monoisotopic (exact) mass is 309 g/mol. The lowest BCUT2D eigenvalue weighted by atomic mass is 10.1. The molecule has 0 fully saturated rings. The highest BCUT2D eigenvalue weighted by Crippen LogP contribution is 2.31. The normalized spacial score (nSPS) is 11.4. The van der Waals surface area contributed by atoms with Gasteiger partial charge in [-0.05, 0) is 18.6 Å². The molecule has 0 unspecified atom stereocenters. The van der Waals surface area contributed by atoms with Gasteiger partial charge < -0.3 is 10.1 Å². The molecule has 0 heterocycles. The fourth-order valence-corrected chi connectivity index (χ4v) is 1.67. The number of halogens is 4. The third-order valence-electron chi connectivity index (χ3n) is 2.45. The fraction of sp³-hybridized carbons (Fsp3) is 0.462. The topological polar surface area (TPSA) is 38.3 Å². The van der Waals surface area contributed by atoms with Crippen LogP contribution in [0.2, 0.25) is 0 Å². The van der Waals surface area contributed by atoms with Crippen LogP contribution in [-0.2, 0) is 10.9 Å². The van der Waals surface area contributed by atoms with Gasteiger partial charge in [-0.25, -0.2) is 0 Å². The molecule has 1 amide bonds. The summed E-state index contributed by atoms with van der Waals surface area (Å²) in [5.74, 6) is -0.360. The molecule has 0 saturated carbocycles. The standard InChI is InChI=1S/C13H15ClF3NO2/c14-6-9-20-8-3-7-18-12(19)10-4-1-2-5-11(10)13(15,16)17/h1-2,4-5H,3,6-9H2,(H,18,19). The fourth-order valence-electron chi connectivity index (χ4n) is 1.56. The Morgan fingerprint density at radius 3 is 2.60 bits per heavy atom. The van der Waals surface area contributed by atoms with Crippen molar-refractivity contribution in [1.82, 2.24) is 5.32 Å². The van der Waals surface area contributed by atoms with Gasteiger partial charge in [0, 0.05) is 19.0 Å². The number of hydrogen-bond donors (Lipinski definition) is 1. The maximum atomic E-state index is 12.7. The average Bonchev–Trinajstić information content (AvgIpc) is 2.41. The number of alkyl halides is 4. The zero-order valence-corrected chi connectivity index (χ0v) is 11.4. The molecule has 0 aliphatic carbocycles. The first-order valence-corrected chi connectivity index (χ1v) is 6.58. The molecule has 0 aliphatic rings. The smallest absolute Gasteiger partial charge is 0.380 e. The molecule has 7 heteroatoms. The summed E-state index contributed by atoms with van der Waals surface area (Å²) in [4.78, 5) is 11.7. The third kappa shape index (κ3) is 5.38. The second-order valence-corrected chi connectivity index (χ2v) is 4.33. The minimum absolute atomic E-state index is 0.243. The van der Waals surface area contributed by atoms with Gasteiger partial charge in [-0.1, -0.05) is 12.1 Å². The van der Waals surface area contributed by atoms with Crippen LogP contribution in [-0.4, -0.2) is 31.5 Å². The number of hydrogen-bond acceptors (Lipinski definition) is 2. The van der Waals surface area contributed by atoms with Crippen molar-refractivity contribution in [1.29, 1.82) is 0 Å². The number of carbonyl (C=O) groups is 1. The van der Waals surface area contributed by atoms with E-state index in [1.165, 1.54) is 12.1 Å². The first kappa shape index (κ1) is 16.8. The van der Waals surface area contributed by atoms with Crippen LogP contribution in [0.5, 0.6) is 0 Å². The van der Waals surface area contributed by atoms with Crippen molar-refractivity contribution in [3.05, 3.63) is 35.4 Å². The van der Waals surface area contributed by atoms with E-state index in [-0.39, 0.29) is 12.1 Å². The van der Waals surface area contributed by atoms with E-state index in [0.717, 1.165) is 12.1 Å². The number of benzene rings is 1. The van der Waals surface area contributed by atoms with Crippen LogP contribution in [0.25, 0.3) is 0 Å². The van der Waals surface area contributed by atoms with Crippen LogP contribution in [0.3, 0.4) is 0 Å². The molecule has 0 aliphatic heterocycles. The van der Waals surface area contributed by atoms with Crippen LogP contribution in [0.4, 0.5) is 13.2 Å². The SMILES string of the molecule is O=C(NCCCOCCCl)c1ccccc1C(F)(F)F. The highest BCUT2D eigenvalue weighted by Gasteiger charge is 2.34. The van der Waals surface area contributed by atoms with Gasteiger partial charge in [0.15, 0.2) is 0 Å². The quantitative estimate of drug-likeness (QED) is 0.621. The second-order valence-electron chi connectivity index (χ2n) is 3.95. The summed E-state index contributed by atoms with van der Waals surface area (Å²) < 4.78 is 43.3. The second kappa shape index (κ2) is 8.11. The third-order valence-corrected chi connectivity index (χ3v) is 2.60. The van der Waals surface area contributed by atoms with Crippen molar-refractivity contribution in [2.24, 2.45) is 0 Å². The van der Waals surface area contributed by atoms with Gasteiger partial charge in [0.2, 0.25) is 0 Å². The van der Waals surface area contributed by atoms with Crippen molar-refractivity contribution >= 4 is 17.5 Å².